The maximum Gasteiger partial charge on any atom is 0.304 e. The second-order valence-electron chi connectivity index (χ2n) is 3.48. The number of benzene rings is 1. The molecule has 0 aliphatic heterocycles. The second kappa shape index (κ2) is 5.46. The zero-order valence-electron chi connectivity index (χ0n) is 8.69. The van der Waals surface area contributed by atoms with Gasteiger partial charge >= 0.3 is 5.97 Å². The van der Waals surface area contributed by atoms with Crippen molar-refractivity contribution in [3.8, 4) is 0 Å². The molecule has 0 saturated carbocycles. The van der Waals surface area contributed by atoms with Gasteiger partial charge in [0.1, 0.15) is 5.82 Å². The summed E-state index contributed by atoms with van der Waals surface area (Å²) in [6.07, 6.45) is -0.447. The van der Waals surface area contributed by atoms with Crippen molar-refractivity contribution in [3.05, 3.63) is 34.6 Å². The average Bonchev–Trinajstić information content (AvgIpc) is 2.21. The molecule has 0 aliphatic rings. The maximum absolute atomic E-state index is 12.8. The molecule has 0 amide bonds. The van der Waals surface area contributed by atoms with Crippen molar-refractivity contribution in [3.63, 3.8) is 0 Å². The van der Waals surface area contributed by atoms with Crippen molar-refractivity contribution in [1.29, 1.82) is 0 Å². The van der Waals surface area contributed by atoms with E-state index in [2.05, 4.69) is 0 Å². The molecule has 1 aromatic carbocycles. The van der Waals surface area contributed by atoms with Gasteiger partial charge in [-0.15, -0.1) is 0 Å². The van der Waals surface area contributed by atoms with Gasteiger partial charge in [0.05, 0.1) is 22.9 Å². The van der Waals surface area contributed by atoms with Crippen molar-refractivity contribution in [2.24, 2.45) is 0 Å². The molecule has 0 radical (unpaired) electrons. The SMILES string of the molecule is O=C(O)CCS(=O)(=O)Cc1ccc(F)c(Cl)c1. The lowest BCUT2D eigenvalue weighted by Crippen LogP contribution is -2.12. The van der Waals surface area contributed by atoms with Crippen LogP contribution in [0.3, 0.4) is 0 Å². The maximum atomic E-state index is 12.8. The van der Waals surface area contributed by atoms with Gasteiger partial charge in [-0.05, 0) is 17.7 Å². The van der Waals surface area contributed by atoms with Crippen LogP contribution in [0.1, 0.15) is 12.0 Å². The predicted octanol–water partition coefficient (Wildman–Crippen LogP) is 1.87. The number of rotatable bonds is 5. The third-order valence-corrected chi connectivity index (χ3v) is 3.89. The molecule has 0 atom stereocenters. The molecule has 94 valence electrons. The Morgan fingerprint density at radius 3 is 2.59 bits per heavy atom. The summed E-state index contributed by atoms with van der Waals surface area (Å²) < 4.78 is 35.8. The molecule has 0 unspecified atom stereocenters. The number of sulfone groups is 1. The van der Waals surface area contributed by atoms with Crippen molar-refractivity contribution >= 4 is 27.4 Å². The number of aliphatic carboxylic acids is 1. The molecular formula is C10H10ClFO4S. The van der Waals surface area contributed by atoms with E-state index < -0.39 is 33.8 Å². The third-order valence-electron chi connectivity index (χ3n) is 2.00. The summed E-state index contributed by atoms with van der Waals surface area (Å²) in [6.45, 7) is 0. The van der Waals surface area contributed by atoms with Crippen molar-refractivity contribution < 1.29 is 22.7 Å². The fraction of sp³-hybridized carbons (Fsp3) is 0.300. The molecule has 1 aromatic rings. The minimum Gasteiger partial charge on any atom is -0.481 e. The van der Waals surface area contributed by atoms with Gasteiger partial charge < -0.3 is 5.11 Å². The summed E-state index contributed by atoms with van der Waals surface area (Å²) in [7, 11) is -3.52. The van der Waals surface area contributed by atoms with Crippen LogP contribution in [0.5, 0.6) is 0 Å². The Morgan fingerprint density at radius 1 is 1.41 bits per heavy atom. The van der Waals surface area contributed by atoms with Crippen LogP contribution in [-0.4, -0.2) is 25.2 Å². The lowest BCUT2D eigenvalue weighted by molar-refractivity contribution is -0.136. The molecule has 0 spiro atoms. The lowest BCUT2D eigenvalue weighted by atomic mass is 10.2. The largest absolute Gasteiger partial charge is 0.481 e. The van der Waals surface area contributed by atoms with Gasteiger partial charge in [0.15, 0.2) is 9.84 Å². The highest BCUT2D eigenvalue weighted by atomic mass is 35.5. The molecule has 0 heterocycles. The van der Waals surface area contributed by atoms with E-state index in [0.717, 1.165) is 6.07 Å². The first kappa shape index (κ1) is 13.9. The zero-order chi connectivity index (χ0) is 13.1. The number of hydrogen-bond acceptors (Lipinski definition) is 3. The summed E-state index contributed by atoms with van der Waals surface area (Å²) in [5.41, 5.74) is 0.335. The van der Waals surface area contributed by atoms with E-state index in [1.807, 2.05) is 0 Å². The Labute approximate surface area is 103 Å². The predicted molar refractivity (Wildman–Crippen MR) is 61.2 cm³/mol. The van der Waals surface area contributed by atoms with Crippen LogP contribution >= 0.6 is 11.6 Å². The van der Waals surface area contributed by atoms with Gasteiger partial charge in [-0.1, -0.05) is 17.7 Å². The third kappa shape index (κ3) is 4.70. The molecule has 1 N–H and O–H groups in total. The highest BCUT2D eigenvalue weighted by molar-refractivity contribution is 7.90. The molecule has 7 heteroatoms. The normalized spacial score (nSPS) is 11.4. The Bertz CT molecular complexity index is 527. The number of halogens is 2. The smallest absolute Gasteiger partial charge is 0.304 e. The van der Waals surface area contributed by atoms with Gasteiger partial charge in [-0.2, -0.15) is 0 Å². The number of carboxylic acid groups (broad SMARTS) is 1. The summed E-state index contributed by atoms with van der Waals surface area (Å²) in [6, 6.07) is 3.60. The molecule has 0 aliphatic carbocycles. The van der Waals surface area contributed by atoms with E-state index in [0.29, 0.717) is 5.56 Å². The van der Waals surface area contributed by atoms with Crippen LogP contribution in [0.25, 0.3) is 0 Å². The van der Waals surface area contributed by atoms with Crippen LogP contribution in [0.4, 0.5) is 4.39 Å². The Morgan fingerprint density at radius 2 is 2.06 bits per heavy atom. The van der Waals surface area contributed by atoms with E-state index in [4.69, 9.17) is 16.7 Å². The van der Waals surface area contributed by atoms with Crippen LogP contribution < -0.4 is 0 Å². The quantitative estimate of drug-likeness (QED) is 0.894. The summed E-state index contributed by atoms with van der Waals surface area (Å²) in [5, 5.41) is 8.23. The van der Waals surface area contributed by atoms with Gasteiger partial charge in [0.25, 0.3) is 0 Å². The molecule has 4 nitrogen and oxygen atoms in total. The summed E-state index contributed by atoms with van der Waals surface area (Å²) in [4.78, 5) is 10.3. The topological polar surface area (TPSA) is 71.4 Å². The second-order valence-corrected chi connectivity index (χ2v) is 6.08. The molecular weight excluding hydrogens is 271 g/mol. The van der Waals surface area contributed by atoms with Crippen LogP contribution in [0.2, 0.25) is 5.02 Å². The van der Waals surface area contributed by atoms with Crippen molar-refractivity contribution in [2.45, 2.75) is 12.2 Å². The van der Waals surface area contributed by atoms with Crippen LogP contribution in [0, 0.1) is 5.82 Å². The first-order chi connectivity index (χ1) is 7.80. The number of carbonyl (C=O) groups is 1. The minimum absolute atomic E-state index is 0.157. The van der Waals surface area contributed by atoms with Gasteiger partial charge in [0, 0.05) is 0 Å². The van der Waals surface area contributed by atoms with E-state index in [1.54, 1.807) is 0 Å². The molecule has 0 aromatic heterocycles. The molecule has 17 heavy (non-hydrogen) atoms. The fourth-order valence-corrected chi connectivity index (χ4v) is 2.72. The fourth-order valence-electron chi connectivity index (χ4n) is 1.20. The van der Waals surface area contributed by atoms with Crippen molar-refractivity contribution in [2.75, 3.05) is 5.75 Å². The highest BCUT2D eigenvalue weighted by Gasteiger charge is 2.14. The van der Waals surface area contributed by atoms with Crippen LogP contribution in [-0.2, 0) is 20.4 Å². The Kier molecular flexibility index (Phi) is 4.47. The standard InChI is InChI=1S/C10H10ClFO4S/c11-8-5-7(1-2-9(8)12)6-17(15,16)4-3-10(13)14/h1-2,5H,3-4,6H2,(H,13,14). The average molecular weight is 281 g/mol. The zero-order valence-corrected chi connectivity index (χ0v) is 10.3. The molecule has 0 fully saturated rings. The van der Waals surface area contributed by atoms with E-state index in [1.165, 1.54) is 12.1 Å². The van der Waals surface area contributed by atoms with Crippen LogP contribution in [0.15, 0.2) is 18.2 Å². The Hall–Kier alpha value is -1.14. The van der Waals surface area contributed by atoms with E-state index in [9.17, 15) is 17.6 Å². The van der Waals surface area contributed by atoms with E-state index in [-0.39, 0.29) is 10.8 Å². The lowest BCUT2D eigenvalue weighted by Gasteiger charge is -2.04. The van der Waals surface area contributed by atoms with E-state index >= 15 is 0 Å². The van der Waals surface area contributed by atoms with Gasteiger partial charge in [-0.25, -0.2) is 12.8 Å². The first-order valence-corrected chi connectivity index (χ1v) is 6.86. The summed E-state index contributed by atoms with van der Waals surface area (Å²) >= 11 is 5.51. The summed E-state index contributed by atoms with van der Waals surface area (Å²) in [5.74, 6) is -2.60. The highest BCUT2D eigenvalue weighted by Crippen LogP contribution is 2.18. The first-order valence-electron chi connectivity index (χ1n) is 4.66. The molecule has 0 bridgehead atoms. The van der Waals surface area contributed by atoms with Gasteiger partial charge in [-0.3, -0.25) is 4.79 Å². The Balaban J connectivity index is 2.76. The molecule has 0 saturated heterocycles. The minimum atomic E-state index is -3.52. The van der Waals surface area contributed by atoms with Crippen molar-refractivity contribution in [1.82, 2.24) is 0 Å². The number of carboxylic acids is 1. The monoisotopic (exact) mass is 280 g/mol. The number of hydrogen-bond donors (Lipinski definition) is 1. The molecule has 1 rings (SSSR count). The van der Waals surface area contributed by atoms with Gasteiger partial charge in [0.2, 0.25) is 0 Å².